The summed E-state index contributed by atoms with van der Waals surface area (Å²) in [5.74, 6) is 1.13. The van der Waals surface area contributed by atoms with Gasteiger partial charge in [0.2, 0.25) is 0 Å². The summed E-state index contributed by atoms with van der Waals surface area (Å²) in [5.41, 5.74) is 1.73. The summed E-state index contributed by atoms with van der Waals surface area (Å²) in [6.07, 6.45) is 3.45. The number of pyridine rings is 1. The Morgan fingerprint density at radius 3 is 2.29 bits per heavy atom. The fraction of sp³-hybridized carbons (Fsp3) is 0.538. The normalized spacial score (nSPS) is 17.9. The number of anilines is 2. The number of hydrogen-bond donors (Lipinski definition) is 2. The smallest absolute Gasteiger partial charge is 0.261 e. The highest BCUT2D eigenvalue weighted by atomic mass is 32.2. The molecule has 2 N–H and O–H groups in total. The standard InChI is InChI=1S/C26H37N5O3S/c1-19-9-13-31(14-10-19)25(32)23-17-21(18-28-24(23)30-15-11-27-12-16-30)29-35(33,34)22-7-5-20(6-8-22)26(2,3)4/h5-8,17-19,27,29H,9-16H2,1-4H3. The molecule has 0 radical (unpaired) electrons. The largest absolute Gasteiger partial charge is 0.353 e. The molecular weight excluding hydrogens is 462 g/mol. The van der Waals surface area contributed by atoms with Gasteiger partial charge in [-0.05, 0) is 47.9 Å². The molecule has 8 nitrogen and oxygen atoms in total. The molecule has 0 aliphatic carbocycles. The maximum Gasteiger partial charge on any atom is 0.261 e. The minimum Gasteiger partial charge on any atom is -0.353 e. The second-order valence-electron chi connectivity index (χ2n) is 10.7. The average molecular weight is 500 g/mol. The molecule has 2 saturated heterocycles. The van der Waals surface area contributed by atoms with Crippen molar-refractivity contribution in [2.24, 2.45) is 5.92 Å². The summed E-state index contributed by atoms with van der Waals surface area (Å²) in [4.78, 5) is 22.3. The monoisotopic (exact) mass is 499 g/mol. The third-order valence-corrected chi connectivity index (χ3v) is 8.26. The van der Waals surface area contributed by atoms with Crippen LogP contribution < -0.4 is 14.9 Å². The molecule has 2 aromatic rings. The van der Waals surface area contributed by atoms with Crippen molar-refractivity contribution >= 4 is 27.4 Å². The second kappa shape index (κ2) is 10.1. The van der Waals surface area contributed by atoms with Gasteiger partial charge in [0.05, 0.1) is 22.3 Å². The molecule has 2 aliphatic heterocycles. The predicted octanol–water partition coefficient (Wildman–Crippen LogP) is 3.46. The van der Waals surface area contributed by atoms with Crippen LogP contribution in [0.15, 0.2) is 41.4 Å². The number of nitrogens with zero attached hydrogens (tertiary/aromatic N) is 3. The van der Waals surface area contributed by atoms with Gasteiger partial charge < -0.3 is 15.1 Å². The lowest BCUT2D eigenvalue weighted by Crippen LogP contribution is -2.45. The van der Waals surface area contributed by atoms with E-state index in [9.17, 15) is 13.2 Å². The number of piperazine rings is 1. The molecule has 1 amide bonds. The van der Waals surface area contributed by atoms with Crippen molar-refractivity contribution in [3.8, 4) is 0 Å². The highest BCUT2D eigenvalue weighted by molar-refractivity contribution is 7.92. The fourth-order valence-electron chi connectivity index (χ4n) is 4.53. The molecule has 2 aliphatic rings. The molecule has 35 heavy (non-hydrogen) atoms. The van der Waals surface area contributed by atoms with Crippen molar-refractivity contribution < 1.29 is 13.2 Å². The maximum absolute atomic E-state index is 13.6. The summed E-state index contributed by atoms with van der Waals surface area (Å²) in [7, 11) is -3.83. The van der Waals surface area contributed by atoms with E-state index >= 15 is 0 Å². The predicted molar refractivity (Wildman–Crippen MR) is 140 cm³/mol. The van der Waals surface area contributed by atoms with E-state index < -0.39 is 10.0 Å². The minimum atomic E-state index is -3.83. The van der Waals surface area contributed by atoms with E-state index in [-0.39, 0.29) is 21.9 Å². The quantitative estimate of drug-likeness (QED) is 0.654. The molecule has 0 spiro atoms. The first kappa shape index (κ1) is 25.4. The average Bonchev–Trinajstić information content (AvgIpc) is 2.84. The Labute approximate surface area is 209 Å². The van der Waals surface area contributed by atoms with Crippen LogP contribution in [0.1, 0.15) is 56.5 Å². The van der Waals surface area contributed by atoms with Crippen LogP contribution in [0.3, 0.4) is 0 Å². The van der Waals surface area contributed by atoms with Crippen LogP contribution in [0.4, 0.5) is 11.5 Å². The molecule has 190 valence electrons. The summed E-state index contributed by atoms with van der Waals surface area (Å²) in [6, 6.07) is 8.56. The summed E-state index contributed by atoms with van der Waals surface area (Å²) in [5, 5.41) is 3.32. The molecule has 0 bridgehead atoms. The van der Waals surface area contributed by atoms with Gasteiger partial charge in [0.25, 0.3) is 15.9 Å². The molecule has 0 saturated carbocycles. The summed E-state index contributed by atoms with van der Waals surface area (Å²) < 4.78 is 28.9. The van der Waals surface area contributed by atoms with E-state index in [1.807, 2.05) is 17.0 Å². The van der Waals surface area contributed by atoms with Gasteiger partial charge >= 0.3 is 0 Å². The van der Waals surface area contributed by atoms with Crippen LogP contribution in [0.25, 0.3) is 0 Å². The minimum absolute atomic E-state index is 0.0685. The molecule has 4 rings (SSSR count). The molecule has 1 aromatic carbocycles. The van der Waals surface area contributed by atoms with Gasteiger partial charge in [0.15, 0.2) is 0 Å². The van der Waals surface area contributed by atoms with Crippen LogP contribution in [0.5, 0.6) is 0 Å². The lowest BCUT2D eigenvalue weighted by molar-refractivity contribution is 0.0697. The van der Waals surface area contributed by atoms with Crippen molar-refractivity contribution in [3.05, 3.63) is 47.7 Å². The molecule has 0 atom stereocenters. The van der Waals surface area contributed by atoms with Crippen molar-refractivity contribution in [3.63, 3.8) is 0 Å². The number of nitrogens with one attached hydrogen (secondary N) is 2. The summed E-state index contributed by atoms with van der Waals surface area (Å²) in [6.45, 7) is 13.0. The van der Waals surface area contributed by atoms with E-state index in [1.165, 1.54) is 6.20 Å². The molecule has 1 aromatic heterocycles. The van der Waals surface area contributed by atoms with Crippen molar-refractivity contribution in [2.45, 2.75) is 50.8 Å². The number of likely N-dealkylation sites (tertiary alicyclic amines) is 1. The van der Waals surface area contributed by atoms with Gasteiger partial charge in [0.1, 0.15) is 5.82 Å². The van der Waals surface area contributed by atoms with Gasteiger partial charge in [-0.15, -0.1) is 0 Å². The van der Waals surface area contributed by atoms with E-state index in [1.54, 1.807) is 18.2 Å². The highest BCUT2D eigenvalue weighted by Crippen LogP contribution is 2.28. The van der Waals surface area contributed by atoms with E-state index in [2.05, 4.69) is 47.6 Å². The Morgan fingerprint density at radius 2 is 1.69 bits per heavy atom. The van der Waals surface area contributed by atoms with E-state index in [4.69, 9.17) is 0 Å². The zero-order chi connectivity index (χ0) is 25.2. The third kappa shape index (κ3) is 5.95. The van der Waals surface area contributed by atoms with Gasteiger partial charge in [-0.3, -0.25) is 9.52 Å². The molecule has 9 heteroatoms. The number of aromatic nitrogens is 1. The zero-order valence-corrected chi connectivity index (χ0v) is 22.0. The SMILES string of the molecule is CC1CCN(C(=O)c2cc(NS(=O)(=O)c3ccc(C(C)(C)C)cc3)cnc2N2CCNCC2)CC1. The van der Waals surface area contributed by atoms with E-state index in [0.29, 0.717) is 30.4 Å². The van der Waals surface area contributed by atoms with Crippen LogP contribution in [-0.4, -0.2) is 63.5 Å². The van der Waals surface area contributed by atoms with Gasteiger partial charge in [0, 0.05) is 39.3 Å². The first-order valence-corrected chi connectivity index (χ1v) is 13.9. The number of carbonyl (C=O) groups is 1. The molecule has 3 heterocycles. The lowest BCUT2D eigenvalue weighted by Gasteiger charge is -2.33. The van der Waals surface area contributed by atoms with Crippen LogP contribution >= 0.6 is 0 Å². The lowest BCUT2D eigenvalue weighted by atomic mass is 9.87. The van der Waals surface area contributed by atoms with Crippen LogP contribution in [0.2, 0.25) is 0 Å². The third-order valence-electron chi connectivity index (χ3n) is 6.87. The highest BCUT2D eigenvalue weighted by Gasteiger charge is 2.27. The van der Waals surface area contributed by atoms with Crippen LogP contribution in [-0.2, 0) is 15.4 Å². The number of hydrogen-bond acceptors (Lipinski definition) is 6. The Bertz CT molecular complexity index is 1140. The van der Waals surface area contributed by atoms with Gasteiger partial charge in [-0.25, -0.2) is 13.4 Å². The Hall–Kier alpha value is -2.65. The maximum atomic E-state index is 13.6. The topological polar surface area (TPSA) is 94.6 Å². The summed E-state index contributed by atoms with van der Waals surface area (Å²) >= 11 is 0. The number of benzene rings is 1. The van der Waals surface area contributed by atoms with Crippen LogP contribution in [0, 0.1) is 5.92 Å². The Morgan fingerprint density at radius 1 is 1.06 bits per heavy atom. The number of sulfonamides is 1. The second-order valence-corrected chi connectivity index (χ2v) is 12.4. The number of amides is 1. The number of piperidine rings is 1. The van der Waals surface area contributed by atoms with Gasteiger partial charge in [-0.1, -0.05) is 39.8 Å². The van der Waals surface area contributed by atoms with E-state index in [0.717, 1.165) is 44.6 Å². The molecule has 0 unspecified atom stereocenters. The molecular formula is C26H37N5O3S. The fourth-order valence-corrected chi connectivity index (χ4v) is 5.56. The Balaban J connectivity index is 1.62. The Kier molecular flexibility index (Phi) is 7.38. The number of carbonyl (C=O) groups excluding carboxylic acids is 1. The van der Waals surface area contributed by atoms with Crippen molar-refractivity contribution in [1.82, 2.24) is 15.2 Å². The van der Waals surface area contributed by atoms with Crippen molar-refractivity contribution in [1.29, 1.82) is 0 Å². The zero-order valence-electron chi connectivity index (χ0n) is 21.2. The first-order chi connectivity index (χ1) is 16.5. The van der Waals surface area contributed by atoms with Crippen molar-refractivity contribution in [2.75, 3.05) is 48.9 Å². The van der Waals surface area contributed by atoms with Gasteiger partial charge in [-0.2, -0.15) is 0 Å². The number of rotatable bonds is 5. The molecule has 2 fully saturated rings. The first-order valence-electron chi connectivity index (χ1n) is 12.4.